The Bertz CT molecular complexity index is 1010. The molecule has 4 nitrogen and oxygen atoms in total. The first kappa shape index (κ1) is 18.4. The van der Waals surface area contributed by atoms with Gasteiger partial charge in [0.2, 0.25) is 5.91 Å². The van der Waals surface area contributed by atoms with Crippen molar-refractivity contribution in [3.63, 3.8) is 0 Å². The van der Waals surface area contributed by atoms with Crippen molar-refractivity contribution in [1.82, 2.24) is 4.98 Å². The largest absolute Gasteiger partial charge is 0.495 e. The number of amides is 1. The molecule has 4 heteroatoms. The molecule has 4 atom stereocenters. The number of hydrogen-bond acceptors (Lipinski definition) is 3. The van der Waals surface area contributed by atoms with Crippen LogP contribution >= 0.6 is 0 Å². The smallest absolute Gasteiger partial charge is 0.248 e. The number of primary amides is 1. The van der Waals surface area contributed by atoms with Gasteiger partial charge in [0.05, 0.1) is 13.3 Å². The van der Waals surface area contributed by atoms with Gasteiger partial charge in [0.1, 0.15) is 5.75 Å². The summed E-state index contributed by atoms with van der Waals surface area (Å²) in [6.07, 6.45) is 11.9. The van der Waals surface area contributed by atoms with Crippen LogP contribution in [0.5, 0.6) is 5.75 Å². The molecule has 1 amide bonds. The molecule has 1 aromatic heterocycles. The van der Waals surface area contributed by atoms with E-state index in [1.54, 1.807) is 13.3 Å². The Balaban J connectivity index is 1.46. The Morgan fingerprint density at radius 1 is 1.24 bits per heavy atom. The van der Waals surface area contributed by atoms with Gasteiger partial charge in [0.15, 0.2) is 0 Å². The van der Waals surface area contributed by atoms with Crippen molar-refractivity contribution in [3.8, 4) is 5.75 Å². The van der Waals surface area contributed by atoms with Gasteiger partial charge in [-0.3, -0.25) is 9.78 Å². The van der Waals surface area contributed by atoms with Crippen molar-refractivity contribution in [2.45, 2.75) is 44.9 Å². The molecule has 1 heterocycles. The second kappa shape index (κ2) is 6.72. The summed E-state index contributed by atoms with van der Waals surface area (Å²) in [5.74, 6) is 2.43. The number of fused-ring (bicyclic) bond motifs is 5. The zero-order valence-corrected chi connectivity index (χ0v) is 17.2. The number of aryl methyl sites for hydroxylation is 1. The van der Waals surface area contributed by atoms with Gasteiger partial charge in [-0.05, 0) is 95.7 Å². The summed E-state index contributed by atoms with van der Waals surface area (Å²) < 4.78 is 5.41. The van der Waals surface area contributed by atoms with Crippen LogP contribution in [0.25, 0.3) is 5.57 Å². The van der Waals surface area contributed by atoms with Crippen LogP contribution < -0.4 is 10.5 Å². The fourth-order valence-electron chi connectivity index (χ4n) is 6.43. The lowest BCUT2D eigenvalue weighted by Gasteiger charge is -2.50. The third-order valence-corrected chi connectivity index (χ3v) is 7.85. The van der Waals surface area contributed by atoms with E-state index in [1.165, 1.54) is 41.5 Å². The topological polar surface area (TPSA) is 65.2 Å². The number of aromatic nitrogens is 1. The predicted octanol–water partition coefficient (Wildman–Crippen LogP) is 4.74. The summed E-state index contributed by atoms with van der Waals surface area (Å²) in [6, 6.07) is 8.24. The van der Waals surface area contributed by atoms with E-state index < -0.39 is 0 Å². The van der Waals surface area contributed by atoms with Gasteiger partial charge in [-0.2, -0.15) is 0 Å². The quantitative estimate of drug-likeness (QED) is 0.826. The fourth-order valence-corrected chi connectivity index (χ4v) is 6.43. The van der Waals surface area contributed by atoms with E-state index in [0.29, 0.717) is 23.3 Å². The zero-order chi connectivity index (χ0) is 20.2. The Kier molecular flexibility index (Phi) is 4.27. The first-order valence-electron chi connectivity index (χ1n) is 10.6. The molecule has 5 rings (SSSR count). The monoisotopic (exact) mass is 388 g/mol. The maximum Gasteiger partial charge on any atom is 0.248 e. The molecule has 1 fully saturated rings. The number of allylic oxidation sites excluding steroid dienone is 2. The van der Waals surface area contributed by atoms with Gasteiger partial charge in [-0.25, -0.2) is 0 Å². The highest BCUT2D eigenvalue weighted by Crippen LogP contribution is 2.63. The van der Waals surface area contributed by atoms with Crippen molar-refractivity contribution < 1.29 is 9.53 Å². The molecule has 1 aromatic carbocycles. The van der Waals surface area contributed by atoms with Crippen molar-refractivity contribution in [1.29, 1.82) is 0 Å². The van der Waals surface area contributed by atoms with E-state index in [2.05, 4.69) is 30.1 Å². The number of benzene rings is 1. The molecule has 0 aliphatic heterocycles. The second-order valence-corrected chi connectivity index (χ2v) is 9.12. The maximum atomic E-state index is 11.6. The number of carbonyl (C=O) groups excluding carboxylic acids is 1. The third kappa shape index (κ3) is 2.80. The van der Waals surface area contributed by atoms with Gasteiger partial charge in [0.25, 0.3) is 0 Å². The average Bonchev–Trinajstić information content (AvgIpc) is 3.10. The summed E-state index contributed by atoms with van der Waals surface area (Å²) >= 11 is 0. The Labute approximate surface area is 172 Å². The number of nitrogens with two attached hydrogens (primary N) is 1. The number of pyridine rings is 1. The molecule has 29 heavy (non-hydrogen) atoms. The van der Waals surface area contributed by atoms with Crippen LogP contribution in [-0.4, -0.2) is 18.0 Å². The third-order valence-electron chi connectivity index (χ3n) is 7.85. The average molecular weight is 389 g/mol. The number of carbonyl (C=O) groups is 1. The van der Waals surface area contributed by atoms with Crippen molar-refractivity contribution in [2.75, 3.05) is 7.11 Å². The lowest BCUT2D eigenvalue weighted by atomic mass is 9.54. The highest BCUT2D eigenvalue weighted by Gasteiger charge is 2.51. The van der Waals surface area contributed by atoms with E-state index in [4.69, 9.17) is 10.5 Å². The number of ether oxygens (including phenoxy) is 1. The van der Waals surface area contributed by atoms with E-state index in [9.17, 15) is 4.79 Å². The molecule has 0 radical (unpaired) electrons. The van der Waals surface area contributed by atoms with E-state index in [0.717, 1.165) is 18.6 Å². The summed E-state index contributed by atoms with van der Waals surface area (Å²) in [7, 11) is 1.70. The van der Waals surface area contributed by atoms with Crippen molar-refractivity contribution in [3.05, 3.63) is 65.0 Å². The predicted molar refractivity (Wildman–Crippen MR) is 114 cm³/mol. The molecular formula is C25H28N2O2. The van der Waals surface area contributed by atoms with Crippen LogP contribution in [0.4, 0.5) is 0 Å². The van der Waals surface area contributed by atoms with Gasteiger partial charge >= 0.3 is 0 Å². The minimum absolute atomic E-state index is 0.194. The molecule has 0 unspecified atom stereocenters. The summed E-state index contributed by atoms with van der Waals surface area (Å²) in [5.41, 5.74) is 11.8. The van der Waals surface area contributed by atoms with Gasteiger partial charge in [-0.15, -0.1) is 0 Å². The normalized spacial score (nSPS) is 30.0. The molecule has 1 saturated carbocycles. The molecule has 3 aliphatic rings. The van der Waals surface area contributed by atoms with Gasteiger partial charge < -0.3 is 10.5 Å². The summed E-state index contributed by atoms with van der Waals surface area (Å²) in [4.78, 5) is 16.0. The Morgan fingerprint density at radius 2 is 2.10 bits per heavy atom. The van der Waals surface area contributed by atoms with Crippen LogP contribution in [0.2, 0.25) is 0 Å². The molecule has 0 spiro atoms. The second-order valence-electron chi connectivity index (χ2n) is 9.12. The highest BCUT2D eigenvalue weighted by molar-refractivity contribution is 5.93. The summed E-state index contributed by atoms with van der Waals surface area (Å²) in [6.45, 7) is 2.46. The summed E-state index contributed by atoms with van der Waals surface area (Å²) in [5, 5.41) is 0. The number of hydrogen-bond donors (Lipinski definition) is 1. The first-order chi connectivity index (χ1) is 14.0. The fraction of sp³-hybridized carbons (Fsp3) is 0.440. The van der Waals surface area contributed by atoms with Crippen LogP contribution in [0.3, 0.4) is 0 Å². The minimum Gasteiger partial charge on any atom is -0.495 e. The lowest BCUT2D eigenvalue weighted by molar-refractivity contribution is 0.0885. The molecule has 0 bridgehead atoms. The molecule has 0 saturated heterocycles. The van der Waals surface area contributed by atoms with Crippen molar-refractivity contribution >= 4 is 11.5 Å². The lowest BCUT2D eigenvalue weighted by Crippen LogP contribution is -2.41. The van der Waals surface area contributed by atoms with E-state index >= 15 is 0 Å². The molecule has 3 aliphatic carbocycles. The molecule has 150 valence electrons. The molecule has 2 aromatic rings. The van der Waals surface area contributed by atoms with Crippen LogP contribution in [-0.2, 0) is 6.42 Å². The number of methoxy groups -OCH3 is 1. The molecule has 2 N–H and O–H groups in total. The minimum atomic E-state index is -0.331. The van der Waals surface area contributed by atoms with E-state index in [1.807, 2.05) is 18.3 Å². The number of nitrogens with zero attached hydrogens (tertiary/aromatic N) is 1. The Hall–Kier alpha value is -2.62. The van der Waals surface area contributed by atoms with Crippen molar-refractivity contribution in [2.24, 2.45) is 23.0 Å². The van der Waals surface area contributed by atoms with E-state index in [-0.39, 0.29) is 11.3 Å². The van der Waals surface area contributed by atoms with Gasteiger partial charge in [0, 0.05) is 11.8 Å². The van der Waals surface area contributed by atoms with Gasteiger partial charge in [-0.1, -0.05) is 19.1 Å². The Morgan fingerprint density at radius 3 is 2.90 bits per heavy atom. The zero-order valence-electron chi connectivity index (χ0n) is 17.2. The standard InChI is InChI=1S/C25H28N2O2/c1-25-10-9-20-19-5-4-16(24(26)28)11-15(19)3-6-21(20)23(25)8-7-22(25)17-12-18(29-2)14-27-13-17/h4-5,7,11-14,20-21,23H,3,6,8-10H2,1-2H3,(H2,26,28)/t20-,21-,23+,25-/m1/s1. The number of rotatable bonds is 3. The highest BCUT2D eigenvalue weighted by atomic mass is 16.5. The van der Waals surface area contributed by atoms with Crippen LogP contribution in [0.15, 0.2) is 42.7 Å². The SMILES string of the molecule is COc1cncc(C2=CC[C@H]3[C@@H]4CCc5cc(C(N)=O)ccc5[C@H]4CC[C@]23C)c1. The maximum absolute atomic E-state index is 11.6. The first-order valence-corrected chi connectivity index (χ1v) is 10.6. The molecular weight excluding hydrogens is 360 g/mol. The van der Waals surface area contributed by atoms with Crippen LogP contribution in [0.1, 0.15) is 65.6 Å². The van der Waals surface area contributed by atoms with Crippen LogP contribution in [0, 0.1) is 17.3 Å².